The van der Waals surface area contributed by atoms with Gasteiger partial charge in [0.15, 0.2) is 0 Å². The van der Waals surface area contributed by atoms with Gasteiger partial charge in [0.2, 0.25) is 5.91 Å². The Balaban J connectivity index is 2.16. The van der Waals surface area contributed by atoms with E-state index in [4.69, 9.17) is 0 Å². The monoisotopic (exact) mass is 243 g/mol. The third-order valence-corrected chi connectivity index (χ3v) is 2.72. The van der Waals surface area contributed by atoms with Gasteiger partial charge in [-0.3, -0.25) is 4.79 Å². The van der Waals surface area contributed by atoms with Crippen molar-refractivity contribution >= 4 is 5.91 Å². The zero-order valence-corrected chi connectivity index (χ0v) is 10.6. The first kappa shape index (κ1) is 12.4. The maximum absolute atomic E-state index is 11.6. The number of rotatable bonds is 4. The third-order valence-electron chi connectivity index (χ3n) is 2.72. The van der Waals surface area contributed by atoms with Gasteiger partial charge in [0.25, 0.3) is 0 Å². The van der Waals surface area contributed by atoms with E-state index >= 15 is 0 Å². The number of nitrogens with one attached hydrogen (secondary N) is 1. The SMILES string of the molecule is CC(C)C(=O)NCc1ccccc1-n1cccn1. The molecule has 0 bridgehead atoms. The van der Waals surface area contributed by atoms with Crippen LogP contribution >= 0.6 is 0 Å². The number of amides is 1. The van der Waals surface area contributed by atoms with E-state index in [0.29, 0.717) is 6.54 Å². The normalized spacial score (nSPS) is 10.6. The van der Waals surface area contributed by atoms with Crippen LogP contribution in [0.4, 0.5) is 0 Å². The minimum absolute atomic E-state index is 0.00173. The summed E-state index contributed by atoms with van der Waals surface area (Å²) in [6.07, 6.45) is 3.63. The summed E-state index contributed by atoms with van der Waals surface area (Å²) in [7, 11) is 0. The van der Waals surface area contributed by atoms with Gasteiger partial charge in [0, 0.05) is 24.9 Å². The van der Waals surface area contributed by atoms with E-state index in [1.54, 1.807) is 10.9 Å². The lowest BCUT2D eigenvalue weighted by molar-refractivity contribution is -0.124. The number of para-hydroxylation sites is 1. The fourth-order valence-electron chi connectivity index (χ4n) is 1.68. The lowest BCUT2D eigenvalue weighted by Gasteiger charge is -2.11. The fraction of sp³-hybridized carbons (Fsp3) is 0.286. The molecule has 2 rings (SSSR count). The summed E-state index contributed by atoms with van der Waals surface area (Å²) in [6.45, 7) is 4.29. The lowest BCUT2D eigenvalue weighted by atomic mass is 10.1. The summed E-state index contributed by atoms with van der Waals surface area (Å²) < 4.78 is 1.80. The van der Waals surface area contributed by atoms with E-state index in [9.17, 15) is 4.79 Å². The number of carbonyl (C=O) groups excluding carboxylic acids is 1. The van der Waals surface area contributed by atoms with Crippen molar-refractivity contribution in [2.24, 2.45) is 5.92 Å². The Morgan fingerprint density at radius 1 is 1.33 bits per heavy atom. The van der Waals surface area contributed by atoms with Crippen LogP contribution in [0.3, 0.4) is 0 Å². The number of aromatic nitrogens is 2. The molecule has 1 heterocycles. The second-order valence-corrected chi connectivity index (χ2v) is 4.45. The molecule has 0 aliphatic carbocycles. The van der Waals surface area contributed by atoms with Crippen molar-refractivity contribution in [2.75, 3.05) is 0 Å². The van der Waals surface area contributed by atoms with Crippen LogP contribution in [0.25, 0.3) is 5.69 Å². The van der Waals surface area contributed by atoms with E-state index in [0.717, 1.165) is 11.3 Å². The molecule has 4 heteroatoms. The van der Waals surface area contributed by atoms with Crippen molar-refractivity contribution in [1.82, 2.24) is 15.1 Å². The third kappa shape index (κ3) is 2.77. The summed E-state index contributed by atoms with van der Waals surface area (Å²) in [5, 5.41) is 7.13. The van der Waals surface area contributed by atoms with E-state index < -0.39 is 0 Å². The number of hydrogen-bond donors (Lipinski definition) is 1. The van der Waals surface area contributed by atoms with Gasteiger partial charge in [-0.25, -0.2) is 4.68 Å². The average molecular weight is 243 g/mol. The summed E-state index contributed by atoms with van der Waals surface area (Å²) in [5.74, 6) is 0.0622. The highest BCUT2D eigenvalue weighted by atomic mass is 16.1. The van der Waals surface area contributed by atoms with Gasteiger partial charge in [-0.15, -0.1) is 0 Å². The smallest absolute Gasteiger partial charge is 0.222 e. The number of nitrogens with zero attached hydrogens (tertiary/aromatic N) is 2. The summed E-state index contributed by atoms with van der Waals surface area (Å²) >= 11 is 0. The maximum Gasteiger partial charge on any atom is 0.222 e. The molecule has 1 aromatic carbocycles. The minimum Gasteiger partial charge on any atom is -0.352 e. The molecule has 1 amide bonds. The number of benzene rings is 1. The largest absolute Gasteiger partial charge is 0.352 e. The Labute approximate surface area is 107 Å². The second kappa shape index (κ2) is 5.49. The van der Waals surface area contributed by atoms with Gasteiger partial charge in [-0.1, -0.05) is 32.0 Å². The quantitative estimate of drug-likeness (QED) is 0.894. The fourth-order valence-corrected chi connectivity index (χ4v) is 1.68. The van der Waals surface area contributed by atoms with Crippen LogP contribution in [0.1, 0.15) is 19.4 Å². The molecular weight excluding hydrogens is 226 g/mol. The summed E-state index contributed by atoms with van der Waals surface area (Å²) in [4.78, 5) is 11.6. The van der Waals surface area contributed by atoms with Crippen LogP contribution in [0.5, 0.6) is 0 Å². The molecule has 0 fully saturated rings. The summed E-state index contributed by atoms with van der Waals surface area (Å²) in [5.41, 5.74) is 2.04. The Bertz CT molecular complexity index is 518. The van der Waals surface area contributed by atoms with Crippen molar-refractivity contribution in [3.05, 3.63) is 48.3 Å². The zero-order chi connectivity index (χ0) is 13.0. The molecule has 0 spiro atoms. The molecule has 0 unspecified atom stereocenters. The molecule has 0 aliphatic heterocycles. The average Bonchev–Trinajstić information content (AvgIpc) is 2.89. The number of carbonyl (C=O) groups is 1. The van der Waals surface area contributed by atoms with Crippen LogP contribution in [0, 0.1) is 5.92 Å². The van der Waals surface area contributed by atoms with Crippen LogP contribution in [-0.4, -0.2) is 15.7 Å². The summed E-state index contributed by atoms with van der Waals surface area (Å²) in [6, 6.07) is 9.79. The van der Waals surface area contributed by atoms with Gasteiger partial charge < -0.3 is 5.32 Å². The van der Waals surface area contributed by atoms with E-state index in [1.807, 2.05) is 50.4 Å². The van der Waals surface area contributed by atoms with Crippen LogP contribution in [0.2, 0.25) is 0 Å². The van der Waals surface area contributed by atoms with Crippen LogP contribution < -0.4 is 5.32 Å². The first-order chi connectivity index (χ1) is 8.68. The minimum atomic E-state index is 0.00173. The van der Waals surface area contributed by atoms with Gasteiger partial charge in [-0.05, 0) is 17.7 Å². The highest BCUT2D eigenvalue weighted by Crippen LogP contribution is 2.13. The Morgan fingerprint density at radius 3 is 2.78 bits per heavy atom. The first-order valence-corrected chi connectivity index (χ1v) is 6.04. The van der Waals surface area contributed by atoms with Gasteiger partial charge in [0.1, 0.15) is 0 Å². The van der Waals surface area contributed by atoms with E-state index in [2.05, 4.69) is 10.4 Å². The van der Waals surface area contributed by atoms with Gasteiger partial charge in [-0.2, -0.15) is 5.10 Å². The molecule has 94 valence electrons. The Hall–Kier alpha value is -2.10. The highest BCUT2D eigenvalue weighted by Gasteiger charge is 2.08. The van der Waals surface area contributed by atoms with E-state index in [1.165, 1.54) is 0 Å². The topological polar surface area (TPSA) is 46.9 Å². The lowest BCUT2D eigenvalue weighted by Crippen LogP contribution is -2.27. The molecule has 0 saturated carbocycles. The molecule has 1 N–H and O–H groups in total. The Morgan fingerprint density at radius 2 is 2.11 bits per heavy atom. The second-order valence-electron chi connectivity index (χ2n) is 4.45. The van der Waals surface area contributed by atoms with Crippen molar-refractivity contribution in [2.45, 2.75) is 20.4 Å². The molecule has 0 radical (unpaired) electrons. The van der Waals surface area contributed by atoms with Crippen molar-refractivity contribution in [3.8, 4) is 5.69 Å². The van der Waals surface area contributed by atoms with Crippen molar-refractivity contribution < 1.29 is 4.79 Å². The molecule has 2 aromatic rings. The van der Waals surface area contributed by atoms with Gasteiger partial charge in [0.05, 0.1) is 5.69 Å². The first-order valence-electron chi connectivity index (χ1n) is 6.04. The standard InChI is InChI=1S/C14H17N3O/c1-11(2)14(18)15-10-12-6-3-4-7-13(12)17-9-5-8-16-17/h3-9,11H,10H2,1-2H3,(H,15,18). The molecule has 1 aromatic heterocycles. The molecule has 0 atom stereocenters. The van der Waals surface area contributed by atoms with Crippen molar-refractivity contribution in [3.63, 3.8) is 0 Å². The highest BCUT2D eigenvalue weighted by molar-refractivity contribution is 5.77. The Kier molecular flexibility index (Phi) is 3.77. The molecular formula is C14H17N3O. The van der Waals surface area contributed by atoms with Gasteiger partial charge >= 0.3 is 0 Å². The van der Waals surface area contributed by atoms with E-state index in [-0.39, 0.29) is 11.8 Å². The van der Waals surface area contributed by atoms with Crippen LogP contribution in [-0.2, 0) is 11.3 Å². The van der Waals surface area contributed by atoms with Crippen LogP contribution in [0.15, 0.2) is 42.7 Å². The molecule has 4 nitrogen and oxygen atoms in total. The predicted octanol–water partition coefficient (Wildman–Crippen LogP) is 2.14. The zero-order valence-electron chi connectivity index (χ0n) is 10.6. The van der Waals surface area contributed by atoms with Crippen molar-refractivity contribution in [1.29, 1.82) is 0 Å². The molecule has 18 heavy (non-hydrogen) atoms. The predicted molar refractivity (Wildman–Crippen MR) is 70.2 cm³/mol. The molecule has 0 saturated heterocycles. The maximum atomic E-state index is 11.6. The number of hydrogen-bond acceptors (Lipinski definition) is 2. The molecule has 0 aliphatic rings.